The van der Waals surface area contributed by atoms with Gasteiger partial charge in [0.2, 0.25) is 0 Å². The Labute approximate surface area is 180 Å². The summed E-state index contributed by atoms with van der Waals surface area (Å²) in [6.07, 6.45) is 5.66. The van der Waals surface area contributed by atoms with Crippen LogP contribution in [0, 0.1) is 5.92 Å². The van der Waals surface area contributed by atoms with Crippen molar-refractivity contribution >= 4 is 11.0 Å². The molecule has 0 amide bonds. The van der Waals surface area contributed by atoms with Crippen LogP contribution in [0.2, 0.25) is 0 Å². The molecule has 1 aromatic carbocycles. The third-order valence-electron chi connectivity index (χ3n) is 4.96. The molecule has 0 radical (unpaired) electrons. The Kier molecular flexibility index (Phi) is 4.96. The molecule has 0 spiro atoms. The number of benzene rings is 1. The van der Waals surface area contributed by atoms with Crippen LogP contribution in [0.3, 0.4) is 0 Å². The summed E-state index contributed by atoms with van der Waals surface area (Å²) in [7, 11) is 0. The molecule has 0 unspecified atom stereocenters. The van der Waals surface area contributed by atoms with Gasteiger partial charge in [-0.15, -0.1) is 0 Å². The quantitative estimate of drug-likeness (QED) is 0.397. The highest BCUT2D eigenvalue weighted by Crippen LogP contribution is 2.29. The smallest absolute Gasteiger partial charge is 0.179 e. The summed E-state index contributed by atoms with van der Waals surface area (Å²) >= 11 is 0. The maximum atomic E-state index is 4.95. The Bertz CT molecular complexity index is 1330. The molecule has 5 aromatic rings. The Morgan fingerprint density at radius 1 is 0.806 bits per heavy atom. The lowest BCUT2D eigenvalue weighted by Gasteiger charge is -2.09. The molecule has 0 bridgehead atoms. The average molecular weight is 406 g/mol. The predicted octanol–water partition coefficient (Wildman–Crippen LogP) is 5.27. The molecule has 0 aliphatic rings. The van der Waals surface area contributed by atoms with Crippen molar-refractivity contribution in [3.63, 3.8) is 0 Å². The second-order valence-electron chi connectivity index (χ2n) is 7.89. The monoisotopic (exact) mass is 406 g/mol. The van der Waals surface area contributed by atoms with Crippen molar-refractivity contribution in [2.75, 3.05) is 0 Å². The summed E-state index contributed by atoms with van der Waals surface area (Å²) in [6, 6.07) is 19.8. The molecule has 0 saturated carbocycles. The fourth-order valence-electron chi connectivity index (χ4n) is 3.55. The van der Waals surface area contributed by atoms with E-state index in [0.717, 1.165) is 45.8 Å². The minimum atomic E-state index is 0.528. The van der Waals surface area contributed by atoms with E-state index in [0.29, 0.717) is 11.7 Å². The van der Waals surface area contributed by atoms with Crippen LogP contribution in [0.4, 0.5) is 0 Å². The number of hydrogen-bond donors (Lipinski definition) is 0. The Hall–Kier alpha value is -3.93. The van der Waals surface area contributed by atoms with Crippen molar-refractivity contribution in [3.8, 4) is 34.0 Å². The van der Waals surface area contributed by atoms with Gasteiger partial charge < -0.3 is 0 Å². The van der Waals surface area contributed by atoms with Gasteiger partial charge in [0.1, 0.15) is 16.9 Å². The summed E-state index contributed by atoms with van der Waals surface area (Å²) in [5, 5.41) is 4.48. The highest BCUT2D eigenvalue weighted by atomic mass is 15.3. The summed E-state index contributed by atoms with van der Waals surface area (Å²) in [4.78, 5) is 19.0. The largest absolute Gasteiger partial charge is 0.272 e. The zero-order valence-electron chi connectivity index (χ0n) is 17.5. The minimum Gasteiger partial charge on any atom is -0.272 e. The molecule has 5 rings (SSSR count). The zero-order valence-corrected chi connectivity index (χ0v) is 17.5. The van der Waals surface area contributed by atoms with Crippen molar-refractivity contribution in [3.05, 3.63) is 79.3 Å². The first-order valence-corrected chi connectivity index (χ1v) is 10.4. The van der Waals surface area contributed by atoms with E-state index < -0.39 is 0 Å². The van der Waals surface area contributed by atoms with E-state index in [-0.39, 0.29) is 0 Å². The van der Waals surface area contributed by atoms with Gasteiger partial charge in [0, 0.05) is 30.1 Å². The second kappa shape index (κ2) is 8.07. The van der Waals surface area contributed by atoms with E-state index >= 15 is 0 Å². The van der Waals surface area contributed by atoms with Crippen LogP contribution in [0.5, 0.6) is 0 Å². The maximum absolute atomic E-state index is 4.95. The van der Waals surface area contributed by atoms with E-state index in [1.165, 1.54) is 0 Å². The van der Waals surface area contributed by atoms with Gasteiger partial charge in [-0.2, -0.15) is 5.10 Å². The fraction of sp³-hybridized carbons (Fsp3) is 0.160. The van der Waals surface area contributed by atoms with Gasteiger partial charge in [-0.1, -0.05) is 50.2 Å². The van der Waals surface area contributed by atoms with Crippen molar-refractivity contribution in [1.82, 2.24) is 29.7 Å². The minimum absolute atomic E-state index is 0.528. The number of fused-ring (bicyclic) bond motifs is 1. The molecular formula is C25H22N6. The molecule has 31 heavy (non-hydrogen) atoms. The van der Waals surface area contributed by atoms with Gasteiger partial charge in [-0.3, -0.25) is 9.67 Å². The van der Waals surface area contributed by atoms with Crippen LogP contribution in [0.25, 0.3) is 45.1 Å². The van der Waals surface area contributed by atoms with Crippen LogP contribution in [-0.4, -0.2) is 29.7 Å². The van der Waals surface area contributed by atoms with Gasteiger partial charge in [0.15, 0.2) is 5.82 Å². The lowest BCUT2D eigenvalue weighted by Crippen LogP contribution is -2.04. The number of aromatic nitrogens is 6. The standard InChI is InChI=1S/C25H22N6/c1-17(2)15-31-16-19(14-27-31)20-11-12-21-24(28-20)23(18-8-4-3-5-9-18)30-25(29-21)22-10-6-7-13-26-22/h3-14,16-17H,15H2,1-2H3. The molecule has 4 aromatic heterocycles. The van der Waals surface area contributed by atoms with Crippen LogP contribution in [0.15, 0.2) is 79.3 Å². The Morgan fingerprint density at radius 2 is 1.65 bits per heavy atom. The van der Waals surface area contributed by atoms with E-state index in [9.17, 15) is 0 Å². The maximum Gasteiger partial charge on any atom is 0.179 e. The zero-order chi connectivity index (χ0) is 21.2. The topological polar surface area (TPSA) is 69.4 Å². The third-order valence-corrected chi connectivity index (χ3v) is 4.96. The average Bonchev–Trinajstić information content (AvgIpc) is 3.27. The van der Waals surface area contributed by atoms with Gasteiger partial charge in [0.05, 0.1) is 17.4 Å². The van der Waals surface area contributed by atoms with Crippen LogP contribution in [-0.2, 0) is 6.54 Å². The summed E-state index contributed by atoms with van der Waals surface area (Å²) < 4.78 is 1.96. The molecule has 6 heteroatoms. The van der Waals surface area contributed by atoms with Crippen LogP contribution < -0.4 is 0 Å². The Morgan fingerprint density at radius 3 is 2.42 bits per heavy atom. The van der Waals surface area contributed by atoms with Crippen molar-refractivity contribution in [2.45, 2.75) is 20.4 Å². The first-order valence-electron chi connectivity index (χ1n) is 10.4. The highest BCUT2D eigenvalue weighted by molar-refractivity contribution is 5.91. The van der Waals surface area contributed by atoms with Gasteiger partial charge >= 0.3 is 0 Å². The lowest BCUT2D eigenvalue weighted by atomic mass is 10.1. The number of pyridine rings is 2. The summed E-state index contributed by atoms with van der Waals surface area (Å²) in [5.74, 6) is 1.12. The normalized spacial score (nSPS) is 11.3. The molecule has 0 fully saturated rings. The first-order chi connectivity index (χ1) is 15.2. The van der Waals surface area contributed by atoms with Gasteiger partial charge in [-0.05, 0) is 30.2 Å². The van der Waals surface area contributed by atoms with E-state index in [4.69, 9.17) is 15.0 Å². The van der Waals surface area contributed by atoms with E-state index in [1.807, 2.05) is 77.7 Å². The second-order valence-corrected chi connectivity index (χ2v) is 7.89. The molecule has 152 valence electrons. The number of hydrogen-bond acceptors (Lipinski definition) is 5. The number of nitrogens with zero attached hydrogens (tertiary/aromatic N) is 6. The van der Waals surface area contributed by atoms with Crippen molar-refractivity contribution in [2.24, 2.45) is 5.92 Å². The SMILES string of the molecule is CC(C)Cn1cc(-c2ccc3nc(-c4ccccn4)nc(-c4ccccc4)c3n2)cn1. The van der Waals surface area contributed by atoms with Crippen molar-refractivity contribution < 1.29 is 0 Å². The summed E-state index contributed by atoms with van der Waals surface area (Å²) in [6.45, 7) is 5.23. The highest BCUT2D eigenvalue weighted by Gasteiger charge is 2.15. The Balaban J connectivity index is 1.67. The molecule has 6 nitrogen and oxygen atoms in total. The molecule has 4 heterocycles. The lowest BCUT2D eigenvalue weighted by molar-refractivity contribution is 0.483. The molecule has 0 N–H and O–H groups in total. The molecule has 0 saturated heterocycles. The predicted molar refractivity (Wildman–Crippen MR) is 122 cm³/mol. The fourth-order valence-corrected chi connectivity index (χ4v) is 3.55. The molecule has 0 atom stereocenters. The first kappa shape index (κ1) is 19.1. The van der Waals surface area contributed by atoms with Crippen LogP contribution in [0.1, 0.15) is 13.8 Å². The van der Waals surface area contributed by atoms with Crippen LogP contribution >= 0.6 is 0 Å². The number of rotatable bonds is 5. The molecule has 0 aliphatic carbocycles. The van der Waals surface area contributed by atoms with Gasteiger partial charge in [-0.25, -0.2) is 15.0 Å². The van der Waals surface area contributed by atoms with Crippen molar-refractivity contribution in [1.29, 1.82) is 0 Å². The summed E-state index contributed by atoms with van der Waals surface area (Å²) in [5.41, 5.74) is 5.91. The van der Waals surface area contributed by atoms with E-state index in [2.05, 4.69) is 23.9 Å². The third kappa shape index (κ3) is 3.92. The molecule has 0 aliphatic heterocycles. The van der Waals surface area contributed by atoms with E-state index in [1.54, 1.807) is 6.20 Å². The molecular weight excluding hydrogens is 384 g/mol. The van der Waals surface area contributed by atoms with Gasteiger partial charge in [0.25, 0.3) is 0 Å².